The van der Waals surface area contributed by atoms with Crippen LogP contribution >= 0.6 is 0 Å². The number of carbonyl (C=O) groups is 2. The van der Waals surface area contributed by atoms with Gasteiger partial charge in [-0.2, -0.15) is 0 Å². The summed E-state index contributed by atoms with van der Waals surface area (Å²) in [5.74, 6) is -19.4. The second-order valence-corrected chi connectivity index (χ2v) is 9.08. The van der Waals surface area contributed by atoms with Crippen molar-refractivity contribution >= 4 is 33.5 Å². The first-order valence-electron chi connectivity index (χ1n) is 11.9. The molecule has 0 aliphatic rings. The van der Waals surface area contributed by atoms with E-state index in [0.717, 1.165) is 0 Å². The van der Waals surface area contributed by atoms with E-state index >= 15 is 0 Å². The highest BCUT2D eigenvalue weighted by atomic mass is 19.2. The van der Waals surface area contributed by atoms with Crippen molar-refractivity contribution < 1.29 is 54.2 Å². The lowest BCUT2D eigenvalue weighted by Crippen LogP contribution is -2.14. The number of hydrogen-bond donors (Lipinski definition) is 0. The van der Waals surface area contributed by atoms with Gasteiger partial charge in [-0.05, 0) is 60.0 Å². The molecule has 0 atom stereocenters. The van der Waals surface area contributed by atoms with E-state index in [1.54, 1.807) is 26.0 Å². The van der Waals surface area contributed by atoms with Gasteiger partial charge in [-0.25, -0.2) is 44.7 Å². The highest BCUT2D eigenvalue weighted by Crippen LogP contribution is 2.41. The Hall–Kier alpha value is -5.00. The third kappa shape index (κ3) is 4.48. The zero-order valence-corrected chi connectivity index (χ0v) is 21.3. The van der Waals surface area contributed by atoms with Crippen molar-refractivity contribution in [3.63, 3.8) is 0 Å². The van der Waals surface area contributed by atoms with Gasteiger partial charge in [0.15, 0.2) is 46.5 Å². The van der Waals surface area contributed by atoms with E-state index in [2.05, 4.69) is 0 Å². The number of hydrogen-bond acceptors (Lipinski definition) is 4. The molecule has 0 aliphatic carbocycles. The summed E-state index contributed by atoms with van der Waals surface area (Å²) in [6.07, 6.45) is 0. The van der Waals surface area contributed by atoms with Crippen molar-refractivity contribution in [2.24, 2.45) is 0 Å². The molecule has 5 aromatic rings. The van der Waals surface area contributed by atoms with E-state index < -0.39 is 69.6 Å². The molecular weight excluding hydrogens is 576 g/mol. The molecule has 0 saturated carbocycles. The number of halogens is 8. The van der Waals surface area contributed by atoms with Crippen LogP contribution < -0.4 is 9.47 Å². The first-order chi connectivity index (χ1) is 19.8. The Balaban J connectivity index is 1.61. The van der Waals surface area contributed by atoms with Gasteiger partial charge in [0.2, 0.25) is 0 Å². The van der Waals surface area contributed by atoms with E-state index in [4.69, 9.17) is 9.47 Å². The minimum absolute atomic E-state index is 0.161. The number of aryl methyl sites for hydroxylation is 2. The molecule has 0 saturated heterocycles. The first kappa shape index (κ1) is 28.5. The van der Waals surface area contributed by atoms with Crippen molar-refractivity contribution in [1.29, 1.82) is 0 Å². The van der Waals surface area contributed by atoms with Gasteiger partial charge < -0.3 is 9.47 Å². The molecule has 0 fully saturated rings. The second kappa shape index (κ2) is 10.4. The monoisotopic (exact) mass is 590 g/mol. The normalized spacial score (nSPS) is 11.3. The Morgan fingerprint density at radius 2 is 0.881 bits per heavy atom. The summed E-state index contributed by atoms with van der Waals surface area (Å²) < 4.78 is 120. The largest absolute Gasteiger partial charge is 0.422 e. The summed E-state index contributed by atoms with van der Waals surface area (Å²) in [4.78, 5) is 25.4. The third-order valence-electron chi connectivity index (χ3n) is 6.66. The van der Waals surface area contributed by atoms with Crippen LogP contribution in [0.4, 0.5) is 35.1 Å². The summed E-state index contributed by atoms with van der Waals surface area (Å²) in [5.41, 5.74) is -1.55. The van der Waals surface area contributed by atoms with Crippen molar-refractivity contribution in [3.8, 4) is 11.5 Å². The third-order valence-corrected chi connectivity index (χ3v) is 6.66. The zero-order chi connectivity index (χ0) is 30.6. The van der Waals surface area contributed by atoms with Gasteiger partial charge >= 0.3 is 11.9 Å². The SMILES string of the molecule is Cc1c2cccc(OC(=O)c3cc(F)c(F)c(F)c3F)c2c(C)c2cccc(OC(=O)c3cc(F)c(F)c(F)c3F)c12. The van der Waals surface area contributed by atoms with Crippen LogP contribution in [0.2, 0.25) is 0 Å². The minimum atomic E-state index is -2.19. The number of benzene rings is 5. The molecule has 4 nitrogen and oxygen atoms in total. The lowest BCUT2D eigenvalue weighted by atomic mass is 9.92. The molecule has 42 heavy (non-hydrogen) atoms. The standard InChI is InChI=1S/C30H14F8O4/c1-11-13-5-3-8-20(42-30(40)16-10-18(32)26(36)28(38)24(16)34)22(13)12(2)14-6-4-7-19(21(11)14)41-29(39)15-9-17(31)25(35)27(37)23(15)33/h3-10H,1-2H3. The zero-order valence-electron chi connectivity index (χ0n) is 21.3. The number of fused-ring (bicyclic) bond motifs is 2. The van der Waals surface area contributed by atoms with Crippen LogP contribution in [-0.4, -0.2) is 11.9 Å². The number of carbonyl (C=O) groups excluding carboxylic acids is 2. The van der Waals surface area contributed by atoms with Crippen LogP contribution in [0.25, 0.3) is 21.5 Å². The maximum Gasteiger partial charge on any atom is 0.346 e. The van der Waals surface area contributed by atoms with Crippen LogP contribution in [0, 0.1) is 60.4 Å². The molecule has 0 aromatic heterocycles. The van der Waals surface area contributed by atoms with Gasteiger partial charge in [0.1, 0.15) is 22.6 Å². The fraction of sp³-hybridized carbons (Fsp3) is 0.0667. The Bertz CT molecular complexity index is 1840. The van der Waals surface area contributed by atoms with Crippen molar-refractivity contribution in [3.05, 3.63) is 117 Å². The van der Waals surface area contributed by atoms with Crippen LogP contribution in [0.3, 0.4) is 0 Å². The minimum Gasteiger partial charge on any atom is -0.422 e. The quantitative estimate of drug-likeness (QED) is 0.0530. The van der Waals surface area contributed by atoms with Crippen LogP contribution in [0.1, 0.15) is 31.8 Å². The Morgan fingerprint density at radius 1 is 0.524 bits per heavy atom. The lowest BCUT2D eigenvalue weighted by Gasteiger charge is -2.17. The van der Waals surface area contributed by atoms with Gasteiger partial charge in [0, 0.05) is 10.8 Å². The molecule has 5 aromatic carbocycles. The highest BCUT2D eigenvalue weighted by Gasteiger charge is 2.27. The van der Waals surface area contributed by atoms with E-state index in [-0.39, 0.29) is 34.4 Å². The van der Waals surface area contributed by atoms with Crippen molar-refractivity contribution in [1.82, 2.24) is 0 Å². The highest BCUT2D eigenvalue weighted by molar-refractivity contribution is 6.11. The average Bonchev–Trinajstić information content (AvgIpc) is 2.97. The molecule has 0 N–H and O–H groups in total. The first-order valence-corrected chi connectivity index (χ1v) is 11.9. The molecule has 0 spiro atoms. The van der Waals surface area contributed by atoms with E-state index in [1.807, 2.05) is 0 Å². The van der Waals surface area contributed by atoms with Crippen LogP contribution in [-0.2, 0) is 0 Å². The van der Waals surface area contributed by atoms with Gasteiger partial charge in [-0.3, -0.25) is 0 Å². The van der Waals surface area contributed by atoms with Crippen LogP contribution in [0.5, 0.6) is 11.5 Å². The molecule has 0 bridgehead atoms. The van der Waals surface area contributed by atoms with Gasteiger partial charge in [-0.15, -0.1) is 0 Å². The molecule has 0 amide bonds. The lowest BCUT2D eigenvalue weighted by molar-refractivity contribution is 0.0720. The van der Waals surface area contributed by atoms with Gasteiger partial charge in [0.25, 0.3) is 0 Å². The summed E-state index contributed by atoms with van der Waals surface area (Å²) in [6, 6.07) is 8.98. The average molecular weight is 590 g/mol. The second-order valence-electron chi connectivity index (χ2n) is 9.08. The number of esters is 2. The van der Waals surface area contributed by atoms with Crippen molar-refractivity contribution in [2.45, 2.75) is 13.8 Å². The van der Waals surface area contributed by atoms with Crippen LogP contribution in [0.15, 0.2) is 48.5 Å². The number of rotatable bonds is 4. The molecule has 0 aliphatic heterocycles. The predicted molar refractivity (Wildman–Crippen MR) is 133 cm³/mol. The van der Waals surface area contributed by atoms with E-state index in [9.17, 15) is 44.7 Å². The Kier molecular flexibility index (Phi) is 7.09. The molecule has 214 valence electrons. The molecule has 5 rings (SSSR count). The molecule has 0 radical (unpaired) electrons. The molecule has 0 heterocycles. The topological polar surface area (TPSA) is 52.6 Å². The fourth-order valence-corrected chi connectivity index (χ4v) is 4.65. The van der Waals surface area contributed by atoms with E-state index in [0.29, 0.717) is 21.9 Å². The fourth-order valence-electron chi connectivity index (χ4n) is 4.65. The maximum atomic E-state index is 14.2. The summed E-state index contributed by atoms with van der Waals surface area (Å²) in [6.45, 7) is 3.16. The number of ether oxygens (including phenoxy) is 2. The Morgan fingerprint density at radius 3 is 1.24 bits per heavy atom. The molecule has 12 heteroatoms. The Labute approximate surface area is 230 Å². The predicted octanol–water partition coefficient (Wildman–Crippen LogP) is 8.16. The smallest absolute Gasteiger partial charge is 0.346 e. The summed E-state index contributed by atoms with van der Waals surface area (Å²) in [5, 5.41) is 1.37. The molecule has 0 unspecified atom stereocenters. The van der Waals surface area contributed by atoms with Gasteiger partial charge in [0.05, 0.1) is 0 Å². The molecular formula is C30H14F8O4. The summed E-state index contributed by atoms with van der Waals surface area (Å²) >= 11 is 0. The maximum absolute atomic E-state index is 14.2. The summed E-state index contributed by atoms with van der Waals surface area (Å²) in [7, 11) is 0. The van der Waals surface area contributed by atoms with E-state index in [1.165, 1.54) is 24.3 Å². The van der Waals surface area contributed by atoms with Crippen molar-refractivity contribution in [2.75, 3.05) is 0 Å². The van der Waals surface area contributed by atoms with Gasteiger partial charge in [-0.1, -0.05) is 24.3 Å².